The van der Waals surface area contributed by atoms with E-state index in [1.165, 1.54) is 7.11 Å². The van der Waals surface area contributed by atoms with Crippen molar-refractivity contribution in [1.29, 1.82) is 0 Å². The van der Waals surface area contributed by atoms with E-state index in [-0.39, 0.29) is 17.6 Å². The van der Waals surface area contributed by atoms with E-state index in [9.17, 15) is 4.79 Å². The summed E-state index contributed by atoms with van der Waals surface area (Å²) >= 11 is 5.99. The number of hydrogen-bond acceptors (Lipinski definition) is 4. The number of rotatable bonds is 2. The lowest BCUT2D eigenvalue weighted by Crippen LogP contribution is -2.37. The average molecular weight is 267 g/mol. The number of hydrogen-bond donors (Lipinski definition) is 0. The summed E-state index contributed by atoms with van der Waals surface area (Å²) in [5, 5.41) is 0.764. The molecule has 1 saturated heterocycles. The molecule has 5 nitrogen and oxygen atoms in total. The van der Waals surface area contributed by atoms with Crippen LogP contribution in [0, 0.1) is 0 Å². The van der Waals surface area contributed by atoms with Gasteiger partial charge >= 0.3 is 5.97 Å². The molecule has 2 atom stereocenters. The standard InChI is InChI=1S/C12H11ClN2O3/c1-17-12(16)8-5-15(9-6-18-10(9)13)11-7(8)3-2-4-14-11/h2-5,9-10H,6H2,1H3. The Balaban J connectivity index is 2.17. The van der Waals surface area contributed by atoms with E-state index in [0.29, 0.717) is 12.2 Å². The van der Waals surface area contributed by atoms with E-state index >= 15 is 0 Å². The van der Waals surface area contributed by atoms with Gasteiger partial charge in [0.25, 0.3) is 0 Å². The van der Waals surface area contributed by atoms with Crippen molar-refractivity contribution < 1.29 is 14.3 Å². The largest absolute Gasteiger partial charge is 0.465 e. The van der Waals surface area contributed by atoms with Crippen molar-refractivity contribution in [1.82, 2.24) is 9.55 Å². The summed E-state index contributed by atoms with van der Waals surface area (Å²) in [7, 11) is 1.36. The van der Waals surface area contributed by atoms with Gasteiger partial charge in [-0.25, -0.2) is 9.78 Å². The zero-order chi connectivity index (χ0) is 12.7. The third-order valence-corrected chi connectivity index (χ3v) is 3.50. The number of pyridine rings is 1. The van der Waals surface area contributed by atoms with Crippen molar-refractivity contribution in [3.05, 3.63) is 30.1 Å². The molecule has 0 spiro atoms. The van der Waals surface area contributed by atoms with Gasteiger partial charge in [0.05, 0.1) is 25.3 Å². The molecule has 1 fully saturated rings. The third kappa shape index (κ3) is 1.59. The second-order valence-corrected chi connectivity index (χ2v) is 4.50. The number of esters is 1. The maximum absolute atomic E-state index is 11.7. The highest BCUT2D eigenvalue weighted by molar-refractivity contribution is 6.20. The Morgan fingerprint density at radius 3 is 3.11 bits per heavy atom. The topological polar surface area (TPSA) is 53.4 Å². The zero-order valence-electron chi connectivity index (χ0n) is 9.67. The number of halogens is 1. The number of carbonyl (C=O) groups excluding carboxylic acids is 1. The van der Waals surface area contributed by atoms with E-state index in [1.807, 2.05) is 10.6 Å². The number of carbonyl (C=O) groups is 1. The molecular formula is C12H11ClN2O3. The Bertz CT molecular complexity index is 610. The summed E-state index contributed by atoms with van der Waals surface area (Å²) < 4.78 is 11.8. The Morgan fingerprint density at radius 1 is 1.67 bits per heavy atom. The SMILES string of the molecule is COC(=O)c1cn(C2COC2Cl)c2ncccc12. The van der Waals surface area contributed by atoms with Gasteiger partial charge in [0.15, 0.2) is 5.56 Å². The first-order valence-corrected chi connectivity index (χ1v) is 5.95. The van der Waals surface area contributed by atoms with E-state index in [2.05, 4.69) is 4.98 Å². The molecule has 18 heavy (non-hydrogen) atoms. The molecule has 94 valence electrons. The highest BCUT2D eigenvalue weighted by atomic mass is 35.5. The molecule has 0 N–H and O–H groups in total. The summed E-state index contributed by atoms with van der Waals surface area (Å²) in [6, 6.07) is 3.63. The molecule has 1 aliphatic rings. The minimum atomic E-state index is -0.381. The summed E-state index contributed by atoms with van der Waals surface area (Å²) in [5.41, 5.74) is 0.835. The number of fused-ring (bicyclic) bond motifs is 1. The van der Waals surface area contributed by atoms with Gasteiger partial charge < -0.3 is 14.0 Å². The zero-order valence-corrected chi connectivity index (χ0v) is 10.4. The smallest absolute Gasteiger partial charge is 0.340 e. The van der Waals surface area contributed by atoms with Crippen molar-refractivity contribution in [3.63, 3.8) is 0 Å². The normalized spacial score (nSPS) is 22.8. The maximum Gasteiger partial charge on any atom is 0.340 e. The first kappa shape index (κ1) is 11.5. The second kappa shape index (κ2) is 4.26. The lowest BCUT2D eigenvalue weighted by molar-refractivity contribution is -0.0525. The molecule has 0 radical (unpaired) electrons. The van der Waals surface area contributed by atoms with Crippen LogP contribution in [0.25, 0.3) is 11.0 Å². The summed E-state index contributed by atoms with van der Waals surface area (Å²) in [6.07, 6.45) is 3.41. The molecule has 2 unspecified atom stereocenters. The number of nitrogens with zero attached hydrogens (tertiary/aromatic N) is 2. The highest BCUT2D eigenvalue weighted by Crippen LogP contribution is 2.33. The minimum absolute atomic E-state index is 0.00229. The number of ether oxygens (including phenoxy) is 2. The van der Waals surface area contributed by atoms with Gasteiger partial charge in [-0.3, -0.25) is 0 Å². The molecule has 0 aromatic carbocycles. The molecule has 1 aliphatic heterocycles. The molecule has 6 heteroatoms. The highest BCUT2D eigenvalue weighted by Gasteiger charge is 2.34. The van der Waals surface area contributed by atoms with Crippen LogP contribution in [-0.4, -0.2) is 34.8 Å². The Morgan fingerprint density at radius 2 is 2.50 bits per heavy atom. The quantitative estimate of drug-likeness (QED) is 0.616. The third-order valence-electron chi connectivity index (χ3n) is 3.08. The summed E-state index contributed by atoms with van der Waals surface area (Å²) in [5.74, 6) is -0.377. The van der Waals surface area contributed by atoms with Crippen LogP contribution in [-0.2, 0) is 9.47 Å². The van der Waals surface area contributed by atoms with E-state index in [4.69, 9.17) is 21.1 Å². The van der Waals surface area contributed by atoms with Crippen LogP contribution in [0.4, 0.5) is 0 Å². The van der Waals surface area contributed by atoms with Crippen molar-refractivity contribution in [2.75, 3.05) is 13.7 Å². The predicted octanol–water partition coefficient (Wildman–Crippen LogP) is 1.96. The molecule has 0 aliphatic carbocycles. The summed E-state index contributed by atoms with van der Waals surface area (Å²) in [6.45, 7) is 0.523. The first-order valence-electron chi connectivity index (χ1n) is 5.52. The van der Waals surface area contributed by atoms with Crippen LogP contribution in [0.5, 0.6) is 0 Å². The number of aromatic nitrogens is 2. The predicted molar refractivity (Wildman–Crippen MR) is 65.7 cm³/mol. The molecule has 0 saturated carbocycles. The molecule has 2 aromatic rings. The van der Waals surface area contributed by atoms with Gasteiger partial charge in [-0.05, 0) is 12.1 Å². The molecule has 3 heterocycles. The summed E-state index contributed by atoms with van der Waals surface area (Å²) in [4.78, 5) is 16.0. The van der Waals surface area contributed by atoms with Crippen LogP contribution < -0.4 is 0 Å². The fourth-order valence-electron chi connectivity index (χ4n) is 2.07. The van der Waals surface area contributed by atoms with Gasteiger partial charge in [0.2, 0.25) is 0 Å². The van der Waals surface area contributed by atoms with Crippen LogP contribution in [0.3, 0.4) is 0 Å². The van der Waals surface area contributed by atoms with Crippen molar-refractivity contribution in [3.8, 4) is 0 Å². The maximum atomic E-state index is 11.7. The van der Waals surface area contributed by atoms with E-state index in [0.717, 1.165) is 11.0 Å². The van der Waals surface area contributed by atoms with E-state index < -0.39 is 0 Å². The van der Waals surface area contributed by atoms with Gasteiger partial charge in [0.1, 0.15) is 5.65 Å². The molecular weight excluding hydrogens is 256 g/mol. The van der Waals surface area contributed by atoms with Crippen molar-refractivity contribution in [2.24, 2.45) is 0 Å². The average Bonchev–Trinajstić information content (AvgIpc) is 2.76. The fraction of sp³-hybridized carbons (Fsp3) is 0.333. The lowest BCUT2D eigenvalue weighted by atomic mass is 10.2. The van der Waals surface area contributed by atoms with Crippen LogP contribution in [0.1, 0.15) is 16.4 Å². The van der Waals surface area contributed by atoms with Gasteiger partial charge in [-0.2, -0.15) is 0 Å². The van der Waals surface area contributed by atoms with Gasteiger partial charge in [-0.15, -0.1) is 0 Å². The molecule has 0 bridgehead atoms. The molecule has 3 rings (SSSR count). The number of methoxy groups -OCH3 is 1. The number of alkyl halides is 1. The second-order valence-electron chi connectivity index (χ2n) is 4.07. The molecule has 0 amide bonds. The fourth-order valence-corrected chi connectivity index (χ4v) is 2.34. The lowest BCUT2D eigenvalue weighted by Gasteiger charge is -2.33. The Hall–Kier alpha value is -1.59. The van der Waals surface area contributed by atoms with Crippen molar-refractivity contribution in [2.45, 2.75) is 11.6 Å². The van der Waals surface area contributed by atoms with Crippen molar-refractivity contribution >= 4 is 28.6 Å². The van der Waals surface area contributed by atoms with Gasteiger partial charge in [0, 0.05) is 17.8 Å². The van der Waals surface area contributed by atoms with Crippen LogP contribution in [0.15, 0.2) is 24.5 Å². The molecule has 2 aromatic heterocycles. The van der Waals surface area contributed by atoms with Crippen LogP contribution >= 0.6 is 11.6 Å². The Kier molecular flexibility index (Phi) is 2.72. The van der Waals surface area contributed by atoms with Gasteiger partial charge in [-0.1, -0.05) is 11.6 Å². The first-order chi connectivity index (χ1) is 8.72. The van der Waals surface area contributed by atoms with Crippen LogP contribution in [0.2, 0.25) is 0 Å². The Labute approximate surface area is 108 Å². The van der Waals surface area contributed by atoms with E-state index in [1.54, 1.807) is 18.5 Å². The monoisotopic (exact) mass is 266 g/mol. The minimum Gasteiger partial charge on any atom is -0.465 e.